The first kappa shape index (κ1) is 20.8. The second-order valence-corrected chi connectivity index (χ2v) is 9.28. The summed E-state index contributed by atoms with van der Waals surface area (Å²) in [5, 5.41) is 13.0. The fraction of sp³-hybridized carbons (Fsp3) is 0.417. The summed E-state index contributed by atoms with van der Waals surface area (Å²) >= 11 is 1.70. The van der Waals surface area contributed by atoms with E-state index in [9.17, 15) is 4.79 Å². The van der Waals surface area contributed by atoms with E-state index in [1.54, 1.807) is 17.5 Å². The molecule has 3 aromatic rings. The Hall–Kier alpha value is -2.44. The lowest BCUT2D eigenvalue weighted by Gasteiger charge is -2.19. The summed E-state index contributed by atoms with van der Waals surface area (Å²) in [4.78, 5) is 13.9. The van der Waals surface area contributed by atoms with Crippen LogP contribution < -0.4 is 10.6 Å². The lowest BCUT2D eigenvalue weighted by atomic mass is 9.98. The van der Waals surface area contributed by atoms with E-state index < -0.39 is 0 Å². The molecule has 0 unspecified atom stereocenters. The monoisotopic (exact) mass is 422 g/mol. The predicted molar refractivity (Wildman–Crippen MR) is 123 cm³/mol. The molecule has 1 amide bonds. The van der Waals surface area contributed by atoms with Crippen molar-refractivity contribution in [3.63, 3.8) is 0 Å². The average Bonchev–Trinajstić information content (AvgIpc) is 3.51. The van der Waals surface area contributed by atoms with E-state index in [0.717, 1.165) is 18.7 Å². The van der Waals surface area contributed by atoms with Gasteiger partial charge in [0.05, 0.1) is 24.8 Å². The topological polar surface area (TPSA) is 59.0 Å². The molecular weight excluding hydrogens is 392 g/mol. The third-order valence-corrected chi connectivity index (χ3v) is 6.78. The molecule has 1 aromatic carbocycles. The van der Waals surface area contributed by atoms with Crippen LogP contribution in [0, 0.1) is 0 Å². The number of thiophene rings is 1. The van der Waals surface area contributed by atoms with Crippen LogP contribution >= 0.6 is 11.3 Å². The smallest absolute Gasteiger partial charge is 0.239 e. The van der Waals surface area contributed by atoms with Crippen LogP contribution in [-0.4, -0.2) is 22.2 Å². The summed E-state index contributed by atoms with van der Waals surface area (Å²) < 4.78 is 1.98. The SMILES string of the molecule is CC(C)c1ccc([C@@H](NCC(=O)Nc2ccnn2C2CCCC2)c2cccs2)cc1. The molecule has 2 aromatic heterocycles. The van der Waals surface area contributed by atoms with Crippen LogP contribution in [0.2, 0.25) is 0 Å². The Bertz CT molecular complexity index is 940. The van der Waals surface area contributed by atoms with Gasteiger partial charge in [0.2, 0.25) is 5.91 Å². The lowest BCUT2D eigenvalue weighted by molar-refractivity contribution is -0.115. The molecule has 0 bridgehead atoms. The van der Waals surface area contributed by atoms with Crippen LogP contribution in [0.25, 0.3) is 0 Å². The van der Waals surface area contributed by atoms with Crippen molar-refractivity contribution < 1.29 is 4.79 Å². The minimum atomic E-state index is -0.0462. The Kier molecular flexibility index (Phi) is 6.65. The molecule has 0 aliphatic heterocycles. The van der Waals surface area contributed by atoms with Gasteiger partial charge in [-0.05, 0) is 41.3 Å². The van der Waals surface area contributed by atoms with E-state index in [1.165, 1.54) is 28.8 Å². The van der Waals surface area contributed by atoms with Gasteiger partial charge in [-0.15, -0.1) is 11.3 Å². The van der Waals surface area contributed by atoms with Gasteiger partial charge in [-0.1, -0.05) is 57.0 Å². The molecule has 6 heteroatoms. The van der Waals surface area contributed by atoms with Crippen LogP contribution in [0.15, 0.2) is 54.0 Å². The van der Waals surface area contributed by atoms with Gasteiger partial charge in [-0.25, -0.2) is 4.68 Å². The molecule has 5 nitrogen and oxygen atoms in total. The molecule has 1 atom stereocenters. The van der Waals surface area contributed by atoms with Crippen molar-refractivity contribution >= 4 is 23.1 Å². The third kappa shape index (κ3) is 4.82. The number of benzene rings is 1. The van der Waals surface area contributed by atoms with Crippen molar-refractivity contribution in [3.8, 4) is 0 Å². The van der Waals surface area contributed by atoms with E-state index in [2.05, 4.69) is 71.4 Å². The number of carbonyl (C=O) groups is 1. The number of carbonyl (C=O) groups excluding carboxylic acids is 1. The van der Waals surface area contributed by atoms with Gasteiger partial charge in [-0.3, -0.25) is 10.1 Å². The molecule has 1 fully saturated rings. The standard InChI is InChI=1S/C24H30N4OS/c1-17(2)18-9-11-19(12-10-18)24(21-8-5-15-30-21)25-16-23(29)27-22-13-14-26-28(22)20-6-3-4-7-20/h5,8-15,17,20,24-25H,3-4,6-7,16H2,1-2H3,(H,27,29)/t24-/m1/s1. The highest BCUT2D eigenvalue weighted by Gasteiger charge is 2.21. The molecule has 0 saturated heterocycles. The van der Waals surface area contributed by atoms with Crippen molar-refractivity contribution in [1.82, 2.24) is 15.1 Å². The zero-order chi connectivity index (χ0) is 20.9. The van der Waals surface area contributed by atoms with E-state index >= 15 is 0 Å². The van der Waals surface area contributed by atoms with Gasteiger partial charge >= 0.3 is 0 Å². The van der Waals surface area contributed by atoms with E-state index in [1.807, 2.05) is 10.7 Å². The first-order valence-electron chi connectivity index (χ1n) is 10.8. The van der Waals surface area contributed by atoms with Crippen LogP contribution in [0.5, 0.6) is 0 Å². The Labute approximate surface area is 182 Å². The fourth-order valence-corrected chi connectivity index (χ4v) is 4.97. The maximum Gasteiger partial charge on any atom is 0.239 e. The highest BCUT2D eigenvalue weighted by Crippen LogP contribution is 2.31. The zero-order valence-electron chi connectivity index (χ0n) is 17.7. The quantitative estimate of drug-likeness (QED) is 0.504. The largest absolute Gasteiger partial charge is 0.310 e. The minimum absolute atomic E-state index is 0.00305. The second-order valence-electron chi connectivity index (χ2n) is 8.30. The number of rotatable bonds is 8. The molecular formula is C24H30N4OS. The molecule has 1 saturated carbocycles. The summed E-state index contributed by atoms with van der Waals surface area (Å²) in [5.41, 5.74) is 2.49. The number of anilines is 1. The van der Waals surface area contributed by atoms with Crippen molar-refractivity contribution in [2.75, 3.05) is 11.9 Å². The number of nitrogens with zero attached hydrogens (tertiary/aromatic N) is 2. The van der Waals surface area contributed by atoms with E-state index in [4.69, 9.17) is 0 Å². The lowest BCUT2D eigenvalue weighted by Crippen LogP contribution is -2.32. The molecule has 1 aliphatic rings. The van der Waals surface area contributed by atoms with Crippen LogP contribution in [0.1, 0.15) is 73.5 Å². The summed E-state index contributed by atoms with van der Waals surface area (Å²) in [6.45, 7) is 4.64. The van der Waals surface area contributed by atoms with Crippen molar-refractivity contribution in [2.24, 2.45) is 0 Å². The van der Waals surface area contributed by atoms with Gasteiger partial charge in [0.1, 0.15) is 5.82 Å². The molecule has 1 aliphatic carbocycles. The summed E-state index contributed by atoms with van der Waals surface area (Å²) in [6, 6.07) is 15.2. The van der Waals surface area contributed by atoms with Crippen LogP contribution in [0.4, 0.5) is 5.82 Å². The van der Waals surface area contributed by atoms with Gasteiger partial charge in [0.25, 0.3) is 0 Å². The summed E-state index contributed by atoms with van der Waals surface area (Å²) in [7, 11) is 0. The molecule has 0 spiro atoms. The first-order chi connectivity index (χ1) is 14.6. The number of aromatic nitrogens is 2. The summed E-state index contributed by atoms with van der Waals surface area (Å²) in [6.07, 6.45) is 6.51. The molecule has 30 heavy (non-hydrogen) atoms. The van der Waals surface area contributed by atoms with Gasteiger partial charge in [0, 0.05) is 10.9 Å². The first-order valence-corrected chi connectivity index (χ1v) is 11.7. The van der Waals surface area contributed by atoms with Crippen molar-refractivity contribution in [1.29, 1.82) is 0 Å². The Morgan fingerprint density at radius 1 is 1.13 bits per heavy atom. The highest BCUT2D eigenvalue weighted by molar-refractivity contribution is 7.10. The Balaban J connectivity index is 1.43. The van der Waals surface area contributed by atoms with Crippen molar-refractivity contribution in [3.05, 3.63) is 70.0 Å². The minimum Gasteiger partial charge on any atom is -0.310 e. The third-order valence-electron chi connectivity index (χ3n) is 5.84. The number of hydrogen-bond donors (Lipinski definition) is 2. The van der Waals surface area contributed by atoms with Crippen LogP contribution in [0.3, 0.4) is 0 Å². The zero-order valence-corrected chi connectivity index (χ0v) is 18.5. The molecule has 0 radical (unpaired) electrons. The highest BCUT2D eigenvalue weighted by atomic mass is 32.1. The number of amides is 1. The maximum absolute atomic E-state index is 12.7. The fourth-order valence-electron chi connectivity index (χ4n) is 4.15. The predicted octanol–water partition coefficient (Wildman–Crippen LogP) is 5.50. The Morgan fingerprint density at radius 2 is 1.87 bits per heavy atom. The average molecular weight is 423 g/mol. The molecule has 158 valence electrons. The van der Waals surface area contributed by atoms with Gasteiger partial charge < -0.3 is 5.32 Å². The van der Waals surface area contributed by atoms with E-state index in [0.29, 0.717) is 12.0 Å². The molecule has 4 rings (SSSR count). The number of nitrogens with one attached hydrogen (secondary N) is 2. The van der Waals surface area contributed by atoms with Gasteiger partial charge in [0.15, 0.2) is 0 Å². The number of hydrogen-bond acceptors (Lipinski definition) is 4. The molecule has 2 heterocycles. The summed E-state index contributed by atoms with van der Waals surface area (Å²) in [5.74, 6) is 1.25. The normalized spacial score (nSPS) is 15.6. The maximum atomic E-state index is 12.7. The van der Waals surface area contributed by atoms with Gasteiger partial charge in [-0.2, -0.15) is 5.10 Å². The molecule has 2 N–H and O–H groups in total. The second kappa shape index (κ2) is 9.58. The van der Waals surface area contributed by atoms with E-state index in [-0.39, 0.29) is 18.5 Å². The van der Waals surface area contributed by atoms with Crippen LogP contribution in [-0.2, 0) is 4.79 Å². The van der Waals surface area contributed by atoms with Crippen molar-refractivity contribution in [2.45, 2.75) is 57.5 Å². The Morgan fingerprint density at radius 3 is 2.53 bits per heavy atom.